The average Bonchev–Trinajstić information content (AvgIpc) is 2.82. The molecule has 4 heteroatoms. The maximum atomic E-state index is 12.2. The summed E-state index contributed by atoms with van der Waals surface area (Å²) in [5, 5.41) is 0. The van der Waals surface area contributed by atoms with E-state index in [2.05, 4.69) is 4.74 Å². The van der Waals surface area contributed by atoms with Crippen molar-refractivity contribution < 1.29 is 14.3 Å². The smallest absolute Gasteiger partial charge is 0.307 e. The second-order valence-corrected chi connectivity index (χ2v) is 5.03. The molecule has 2 rings (SSSR count). The molecule has 4 nitrogen and oxygen atoms in total. The summed E-state index contributed by atoms with van der Waals surface area (Å²) in [6, 6.07) is 0. The molecule has 1 amide bonds. The summed E-state index contributed by atoms with van der Waals surface area (Å²) in [4.78, 5) is 25.1. The summed E-state index contributed by atoms with van der Waals surface area (Å²) in [7, 11) is 1.38. The molecule has 2 aliphatic carbocycles. The number of ether oxygens (including phenoxy) is 1. The van der Waals surface area contributed by atoms with E-state index in [9.17, 15) is 9.59 Å². The number of amides is 1. The topological polar surface area (TPSA) is 46.6 Å². The molecule has 2 atom stereocenters. The SMILES string of the molecule is CCN(CCC(=O)OC)C(=O)C1C2CCCC21. The van der Waals surface area contributed by atoms with Gasteiger partial charge < -0.3 is 9.64 Å². The Bertz CT molecular complexity index is 306. The molecule has 96 valence electrons. The van der Waals surface area contributed by atoms with Crippen LogP contribution in [0.25, 0.3) is 0 Å². The molecule has 0 aliphatic heterocycles. The van der Waals surface area contributed by atoms with Crippen molar-refractivity contribution in [1.29, 1.82) is 0 Å². The van der Waals surface area contributed by atoms with Gasteiger partial charge in [0.15, 0.2) is 0 Å². The van der Waals surface area contributed by atoms with Crippen LogP contribution in [0, 0.1) is 17.8 Å². The van der Waals surface area contributed by atoms with Crippen molar-refractivity contribution in [3.63, 3.8) is 0 Å². The highest BCUT2D eigenvalue weighted by Gasteiger charge is 2.57. The van der Waals surface area contributed by atoms with Crippen molar-refractivity contribution in [3.8, 4) is 0 Å². The molecule has 0 heterocycles. The minimum Gasteiger partial charge on any atom is -0.469 e. The molecule has 0 saturated heterocycles. The first-order valence-electron chi connectivity index (χ1n) is 6.54. The fourth-order valence-electron chi connectivity index (χ4n) is 3.15. The number of rotatable bonds is 5. The van der Waals surface area contributed by atoms with Crippen LogP contribution in [0.2, 0.25) is 0 Å². The Morgan fingerprint density at radius 2 is 1.94 bits per heavy atom. The molecule has 0 bridgehead atoms. The highest BCUT2D eigenvalue weighted by molar-refractivity contribution is 5.83. The van der Waals surface area contributed by atoms with Crippen LogP contribution in [0.5, 0.6) is 0 Å². The predicted octanol–water partition coefficient (Wildman–Crippen LogP) is 1.44. The van der Waals surface area contributed by atoms with Crippen molar-refractivity contribution >= 4 is 11.9 Å². The fraction of sp³-hybridized carbons (Fsp3) is 0.846. The van der Waals surface area contributed by atoms with E-state index in [-0.39, 0.29) is 17.8 Å². The third kappa shape index (κ3) is 2.45. The van der Waals surface area contributed by atoms with Gasteiger partial charge in [0.2, 0.25) is 5.91 Å². The van der Waals surface area contributed by atoms with Crippen LogP contribution in [-0.2, 0) is 14.3 Å². The van der Waals surface area contributed by atoms with Crippen molar-refractivity contribution in [3.05, 3.63) is 0 Å². The van der Waals surface area contributed by atoms with Crippen LogP contribution in [-0.4, -0.2) is 37.0 Å². The first-order chi connectivity index (χ1) is 8.19. The molecule has 2 unspecified atom stereocenters. The molecule has 2 aliphatic rings. The molecule has 2 saturated carbocycles. The van der Waals surface area contributed by atoms with Crippen molar-refractivity contribution in [2.45, 2.75) is 32.6 Å². The third-order valence-corrected chi connectivity index (χ3v) is 4.20. The van der Waals surface area contributed by atoms with E-state index in [1.807, 2.05) is 6.92 Å². The van der Waals surface area contributed by atoms with Crippen molar-refractivity contribution in [1.82, 2.24) is 4.90 Å². The summed E-state index contributed by atoms with van der Waals surface area (Å²) < 4.78 is 4.60. The van der Waals surface area contributed by atoms with Gasteiger partial charge in [-0.05, 0) is 31.6 Å². The van der Waals surface area contributed by atoms with Gasteiger partial charge in [0, 0.05) is 19.0 Å². The quantitative estimate of drug-likeness (QED) is 0.682. The van der Waals surface area contributed by atoms with Gasteiger partial charge in [0.1, 0.15) is 0 Å². The Morgan fingerprint density at radius 1 is 1.29 bits per heavy atom. The number of esters is 1. The molecule has 0 aromatic heterocycles. The number of hydrogen-bond acceptors (Lipinski definition) is 3. The van der Waals surface area contributed by atoms with Gasteiger partial charge in [-0.25, -0.2) is 0 Å². The van der Waals surface area contributed by atoms with Gasteiger partial charge in [0.05, 0.1) is 13.5 Å². The molecule has 0 radical (unpaired) electrons. The summed E-state index contributed by atoms with van der Waals surface area (Å²) in [6.45, 7) is 3.15. The van der Waals surface area contributed by atoms with E-state index in [1.165, 1.54) is 26.4 Å². The van der Waals surface area contributed by atoms with Gasteiger partial charge in [-0.1, -0.05) is 6.42 Å². The van der Waals surface area contributed by atoms with Crippen LogP contribution in [0.1, 0.15) is 32.6 Å². The maximum Gasteiger partial charge on any atom is 0.307 e. The first kappa shape index (κ1) is 12.4. The highest BCUT2D eigenvalue weighted by Crippen LogP contribution is 2.58. The minimum absolute atomic E-state index is 0.243. The number of carbonyl (C=O) groups excluding carboxylic acids is 2. The average molecular weight is 239 g/mol. The van der Waals surface area contributed by atoms with Crippen LogP contribution >= 0.6 is 0 Å². The Labute approximate surface area is 102 Å². The second kappa shape index (κ2) is 5.07. The molecule has 0 aromatic rings. The monoisotopic (exact) mass is 239 g/mol. The standard InChI is InChI=1S/C13H21NO3/c1-3-14(8-7-11(15)17-2)13(16)12-9-5-4-6-10(9)12/h9-10,12H,3-8H2,1-2H3. The number of hydrogen-bond donors (Lipinski definition) is 0. The lowest BCUT2D eigenvalue weighted by Crippen LogP contribution is -2.35. The Kier molecular flexibility index (Phi) is 3.69. The van der Waals surface area contributed by atoms with Crippen LogP contribution in [0.3, 0.4) is 0 Å². The molecule has 0 aromatic carbocycles. The molecule has 17 heavy (non-hydrogen) atoms. The van der Waals surface area contributed by atoms with Gasteiger partial charge in [0.25, 0.3) is 0 Å². The molecular formula is C13H21NO3. The second-order valence-electron chi connectivity index (χ2n) is 5.03. The number of carbonyl (C=O) groups is 2. The van der Waals surface area contributed by atoms with E-state index in [1.54, 1.807) is 4.90 Å². The van der Waals surface area contributed by atoms with Gasteiger partial charge in [-0.3, -0.25) is 9.59 Å². The van der Waals surface area contributed by atoms with Crippen LogP contribution in [0.4, 0.5) is 0 Å². The Balaban J connectivity index is 1.82. The number of methoxy groups -OCH3 is 1. The summed E-state index contributed by atoms with van der Waals surface area (Å²) in [6.07, 6.45) is 4.02. The third-order valence-electron chi connectivity index (χ3n) is 4.20. The van der Waals surface area contributed by atoms with E-state index < -0.39 is 0 Å². The van der Waals surface area contributed by atoms with Gasteiger partial charge in [-0.2, -0.15) is 0 Å². The van der Waals surface area contributed by atoms with E-state index in [4.69, 9.17) is 0 Å². The van der Waals surface area contributed by atoms with E-state index in [0.717, 1.165) is 0 Å². The largest absolute Gasteiger partial charge is 0.469 e. The zero-order chi connectivity index (χ0) is 12.4. The van der Waals surface area contributed by atoms with Gasteiger partial charge >= 0.3 is 5.97 Å². The zero-order valence-corrected chi connectivity index (χ0v) is 10.6. The van der Waals surface area contributed by atoms with Crippen LogP contribution < -0.4 is 0 Å². The van der Waals surface area contributed by atoms with E-state index >= 15 is 0 Å². The van der Waals surface area contributed by atoms with Crippen molar-refractivity contribution in [2.75, 3.05) is 20.2 Å². The molecule has 2 fully saturated rings. The minimum atomic E-state index is -0.243. The highest BCUT2D eigenvalue weighted by atomic mass is 16.5. The summed E-state index contributed by atoms with van der Waals surface area (Å²) >= 11 is 0. The normalized spacial score (nSPS) is 29.6. The number of fused-ring (bicyclic) bond motifs is 1. The number of nitrogens with zero attached hydrogens (tertiary/aromatic N) is 1. The summed E-state index contributed by atoms with van der Waals surface area (Å²) in [5.41, 5.74) is 0. The summed E-state index contributed by atoms with van der Waals surface area (Å²) in [5.74, 6) is 1.57. The van der Waals surface area contributed by atoms with E-state index in [0.29, 0.717) is 31.3 Å². The fourth-order valence-corrected chi connectivity index (χ4v) is 3.15. The first-order valence-corrected chi connectivity index (χ1v) is 6.54. The lowest BCUT2D eigenvalue weighted by Gasteiger charge is -2.21. The molecule has 0 spiro atoms. The predicted molar refractivity (Wildman–Crippen MR) is 63.2 cm³/mol. The van der Waals surface area contributed by atoms with Gasteiger partial charge in [-0.15, -0.1) is 0 Å². The Morgan fingerprint density at radius 3 is 2.47 bits per heavy atom. The molecule has 0 N–H and O–H groups in total. The Hall–Kier alpha value is -1.06. The molecular weight excluding hydrogens is 218 g/mol. The maximum absolute atomic E-state index is 12.2. The van der Waals surface area contributed by atoms with Crippen molar-refractivity contribution in [2.24, 2.45) is 17.8 Å². The zero-order valence-electron chi connectivity index (χ0n) is 10.6. The lowest BCUT2D eigenvalue weighted by atomic mass is 10.1. The van der Waals surface area contributed by atoms with Crippen LogP contribution in [0.15, 0.2) is 0 Å². The lowest BCUT2D eigenvalue weighted by molar-refractivity contribution is -0.142.